The Balaban J connectivity index is 3.95. The van der Waals surface area contributed by atoms with Gasteiger partial charge in [-0.1, -0.05) is 389 Å². The van der Waals surface area contributed by atoms with Crippen molar-refractivity contribution in [1.82, 2.24) is 0 Å². The third-order valence-corrected chi connectivity index (χ3v) is 18.9. The smallest absolute Gasteiger partial charge is 0.361 e. The first-order valence-corrected chi connectivity index (χ1v) is 42.1. The number of unbranched alkanes of at least 4 members (excludes halogenated alkanes) is 52. The minimum Gasteiger partial charge on any atom is -0.477 e. The van der Waals surface area contributed by atoms with Crippen LogP contribution in [0.5, 0.6) is 0 Å². The summed E-state index contributed by atoms with van der Waals surface area (Å²) < 4.78 is 23.1. The van der Waals surface area contributed by atoms with Gasteiger partial charge in [0.1, 0.15) is 13.2 Å². The van der Waals surface area contributed by atoms with Gasteiger partial charge in [0.2, 0.25) is 0 Å². The number of carbonyl (C=O) groups is 3. The lowest BCUT2D eigenvalue weighted by Crippen LogP contribution is -2.40. The first-order chi connectivity index (χ1) is 47.6. The molecule has 0 fully saturated rings. The summed E-state index contributed by atoms with van der Waals surface area (Å²) in [5.74, 6) is -1.97. The monoisotopic (exact) mass is 1360 g/mol. The number of hydrogen-bond acceptors (Lipinski definition) is 7. The average Bonchev–Trinajstić information content (AvgIpc) is 3.11. The molecular weight excluding hydrogens is 1200 g/mol. The van der Waals surface area contributed by atoms with Crippen molar-refractivity contribution in [3.05, 3.63) is 72.9 Å². The van der Waals surface area contributed by atoms with E-state index < -0.39 is 18.4 Å². The lowest BCUT2D eigenvalue weighted by Gasteiger charge is -2.25. The van der Waals surface area contributed by atoms with Gasteiger partial charge in [-0.05, 0) is 83.5 Å². The molecule has 1 N–H and O–H groups in total. The molecule has 0 radical (unpaired) electrons. The standard InChI is InChI=1S/C88H161NO8/c1-6-8-10-12-14-16-18-20-22-24-26-28-30-32-34-36-38-40-42-43-45-47-49-51-53-55-57-59-61-63-65-67-69-71-73-75-77-79-86(91)97-84(83-96-88(87(92)93)94-81-80-89(3,4)5)82-95-85(90)78-76-74-72-70-68-66-64-62-60-58-56-54-52-50-48-46-44-41-39-37-35-33-31-29-27-25-23-21-19-17-15-13-11-9-7-2/h8,10,14,16,20,22,25-28,32,34,84,88H,6-7,9,11-13,15,17-19,21,23-24,29-31,33,35-83H2,1-5H3/p+1/b10-8-,16-14-,22-20-,27-25-,28-26-,34-32-. The number of aliphatic carboxylic acids is 1. The number of hydrogen-bond donors (Lipinski definition) is 1. The molecule has 0 saturated heterocycles. The van der Waals surface area contributed by atoms with E-state index >= 15 is 0 Å². The highest BCUT2D eigenvalue weighted by Gasteiger charge is 2.25. The zero-order chi connectivity index (χ0) is 70.4. The summed E-state index contributed by atoms with van der Waals surface area (Å²) in [6.45, 7) is 4.83. The van der Waals surface area contributed by atoms with Gasteiger partial charge in [0, 0.05) is 12.8 Å². The predicted octanol–water partition coefficient (Wildman–Crippen LogP) is 27.2. The van der Waals surface area contributed by atoms with E-state index in [1.54, 1.807) is 0 Å². The largest absolute Gasteiger partial charge is 0.477 e. The Morgan fingerprint density at radius 1 is 0.320 bits per heavy atom. The van der Waals surface area contributed by atoms with Crippen LogP contribution in [0.4, 0.5) is 0 Å². The molecule has 2 unspecified atom stereocenters. The van der Waals surface area contributed by atoms with Crippen molar-refractivity contribution in [2.45, 2.75) is 424 Å². The maximum atomic E-state index is 13.0. The van der Waals surface area contributed by atoms with Gasteiger partial charge in [-0.2, -0.15) is 0 Å². The molecule has 0 spiro atoms. The highest BCUT2D eigenvalue weighted by molar-refractivity contribution is 5.71. The number of carboxylic acid groups (broad SMARTS) is 1. The number of quaternary nitrogens is 1. The molecule has 0 aromatic rings. The Labute approximate surface area is 602 Å². The van der Waals surface area contributed by atoms with Gasteiger partial charge in [0.25, 0.3) is 6.29 Å². The van der Waals surface area contributed by atoms with Gasteiger partial charge in [-0.15, -0.1) is 0 Å². The number of ether oxygens (including phenoxy) is 4. The SMILES string of the molecule is CC/C=C\C/C=C\C/C=C\C/C=C\C/C=C\CCCCCCCCCCCCCCCCCCCCCCCC(=O)OC(COC(=O)CCCCCCCCCCCCCCCCCCCCCCCCC/C=C\CCCCCCCCCC)COC(OCC[N+](C)(C)C)C(=O)O. The van der Waals surface area contributed by atoms with Gasteiger partial charge in [-0.3, -0.25) is 9.59 Å². The van der Waals surface area contributed by atoms with Crippen LogP contribution in [-0.2, 0) is 33.3 Å². The van der Waals surface area contributed by atoms with E-state index in [1.165, 1.54) is 315 Å². The first kappa shape index (κ1) is 93.7. The van der Waals surface area contributed by atoms with Gasteiger partial charge >= 0.3 is 17.9 Å². The van der Waals surface area contributed by atoms with Crippen LogP contribution in [-0.4, -0.2) is 87.4 Å². The fourth-order valence-electron chi connectivity index (χ4n) is 12.6. The maximum absolute atomic E-state index is 13.0. The maximum Gasteiger partial charge on any atom is 0.361 e. The number of esters is 2. The van der Waals surface area contributed by atoms with Crippen molar-refractivity contribution in [2.75, 3.05) is 47.5 Å². The zero-order valence-corrected chi connectivity index (χ0v) is 65.0. The summed E-state index contributed by atoms with van der Waals surface area (Å²) in [5, 5.41) is 9.78. The molecule has 0 amide bonds. The first-order valence-electron chi connectivity index (χ1n) is 42.1. The van der Waals surface area contributed by atoms with Crippen molar-refractivity contribution in [2.24, 2.45) is 0 Å². The molecule has 0 saturated carbocycles. The zero-order valence-electron chi connectivity index (χ0n) is 65.0. The number of carbonyl (C=O) groups excluding carboxylic acids is 2. The van der Waals surface area contributed by atoms with Crippen LogP contribution in [0.2, 0.25) is 0 Å². The van der Waals surface area contributed by atoms with E-state index in [9.17, 15) is 19.5 Å². The minimum absolute atomic E-state index is 0.177. The van der Waals surface area contributed by atoms with E-state index in [0.717, 1.165) is 70.6 Å². The molecule has 0 aliphatic rings. The second-order valence-corrected chi connectivity index (χ2v) is 29.8. The lowest BCUT2D eigenvalue weighted by molar-refractivity contribution is -0.870. The average molecular weight is 1360 g/mol. The van der Waals surface area contributed by atoms with Crippen LogP contribution in [0.15, 0.2) is 72.9 Å². The van der Waals surface area contributed by atoms with E-state index in [1.807, 2.05) is 21.1 Å². The summed E-state index contributed by atoms with van der Waals surface area (Å²) >= 11 is 0. The molecule has 566 valence electrons. The van der Waals surface area contributed by atoms with Crippen LogP contribution in [0.3, 0.4) is 0 Å². The van der Waals surface area contributed by atoms with Crippen LogP contribution in [0.1, 0.15) is 412 Å². The second-order valence-electron chi connectivity index (χ2n) is 29.8. The third kappa shape index (κ3) is 79.9. The van der Waals surface area contributed by atoms with Crippen molar-refractivity contribution >= 4 is 17.9 Å². The van der Waals surface area contributed by atoms with Crippen molar-refractivity contribution in [3.63, 3.8) is 0 Å². The number of likely N-dealkylation sites (N-methyl/N-ethyl adjacent to an activating group) is 1. The Morgan fingerprint density at radius 3 is 0.887 bits per heavy atom. The van der Waals surface area contributed by atoms with Crippen molar-refractivity contribution in [1.29, 1.82) is 0 Å². The summed E-state index contributed by atoms with van der Waals surface area (Å²) in [6, 6.07) is 0. The fraction of sp³-hybridized carbons (Fsp3) is 0.830. The number of allylic oxidation sites excluding steroid dienone is 12. The van der Waals surface area contributed by atoms with E-state index in [4.69, 9.17) is 18.9 Å². The molecule has 9 nitrogen and oxygen atoms in total. The molecule has 0 aromatic carbocycles. The molecule has 9 heteroatoms. The van der Waals surface area contributed by atoms with E-state index in [2.05, 4.69) is 86.8 Å². The topological polar surface area (TPSA) is 108 Å². The molecule has 2 atom stereocenters. The summed E-state index contributed by atoms with van der Waals surface area (Å²) in [6.07, 6.45) is 104. The van der Waals surface area contributed by atoms with Crippen molar-refractivity contribution in [3.8, 4) is 0 Å². The van der Waals surface area contributed by atoms with Gasteiger partial charge in [-0.25, -0.2) is 4.79 Å². The second kappa shape index (κ2) is 78.4. The minimum atomic E-state index is -1.51. The molecule has 0 heterocycles. The molecule has 97 heavy (non-hydrogen) atoms. The summed E-state index contributed by atoms with van der Waals surface area (Å²) in [4.78, 5) is 37.8. The Morgan fingerprint density at radius 2 is 0.588 bits per heavy atom. The third-order valence-electron chi connectivity index (χ3n) is 18.9. The van der Waals surface area contributed by atoms with Gasteiger partial charge in [0.15, 0.2) is 6.10 Å². The van der Waals surface area contributed by atoms with Crippen LogP contribution >= 0.6 is 0 Å². The quantitative estimate of drug-likeness (QED) is 0.0211. The Bertz CT molecular complexity index is 1830. The number of carboxylic acids is 1. The molecule has 0 aliphatic carbocycles. The number of nitrogens with zero attached hydrogens (tertiary/aromatic N) is 1. The Kier molecular flexibility index (Phi) is 75.8. The van der Waals surface area contributed by atoms with Crippen LogP contribution in [0.25, 0.3) is 0 Å². The van der Waals surface area contributed by atoms with Crippen LogP contribution < -0.4 is 0 Å². The molecule has 0 aromatic heterocycles. The van der Waals surface area contributed by atoms with Gasteiger partial charge in [0.05, 0.1) is 34.4 Å². The van der Waals surface area contributed by atoms with E-state index in [0.29, 0.717) is 17.4 Å². The number of rotatable bonds is 79. The fourth-order valence-corrected chi connectivity index (χ4v) is 12.6. The normalized spacial score (nSPS) is 13.0. The molecular formula is C88H162NO8+. The molecule has 0 bridgehead atoms. The summed E-state index contributed by atoms with van der Waals surface area (Å²) in [5.41, 5.74) is 0. The lowest BCUT2D eigenvalue weighted by atomic mass is 10.0. The molecule has 0 aliphatic heterocycles. The van der Waals surface area contributed by atoms with Crippen molar-refractivity contribution < 1.29 is 42.9 Å². The highest BCUT2D eigenvalue weighted by Crippen LogP contribution is 2.20. The highest BCUT2D eigenvalue weighted by atomic mass is 16.7. The predicted molar refractivity (Wildman–Crippen MR) is 420 cm³/mol. The Hall–Kier alpha value is -3.27. The van der Waals surface area contributed by atoms with Gasteiger partial charge < -0.3 is 28.5 Å². The van der Waals surface area contributed by atoms with E-state index in [-0.39, 0.29) is 38.2 Å². The van der Waals surface area contributed by atoms with Crippen LogP contribution in [0, 0.1) is 0 Å². The molecule has 0 rings (SSSR count). The summed E-state index contributed by atoms with van der Waals surface area (Å²) in [7, 11) is 6.00.